The van der Waals surface area contributed by atoms with E-state index in [-0.39, 0.29) is 5.91 Å². The highest BCUT2D eigenvalue weighted by Gasteiger charge is 2.25. The fourth-order valence-electron chi connectivity index (χ4n) is 3.71. The number of carbonyl (C=O) groups is 1. The number of amides is 1. The minimum absolute atomic E-state index is 0.116. The Hall–Kier alpha value is -2.75. The van der Waals surface area contributed by atoms with Gasteiger partial charge in [-0.2, -0.15) is 0 Å². The van der Waals surface area contributed by atoms with E-state index >= 15 is 0 Å². The molecule has 9 heteroatoms. The van der Waals surface area contributed by atoms with E-state index in [1.54, 1.807) is 4.90 Å². The zero-order valence-electron chi connectivity index (χ0n) is 18.0. The van der Waals surface area contributed by atoms with Crippen LogP contribution in [0.5, 0.6) is 11.5 Å². The van der Waals surface area contributed by atoms with E-state index in [0.29, 0.717) is 35.6 Å². The van der Waals surface area contributed by atoms with Crippen LogP contribution in [0.15, 0.2) is 36.4 Å². The van der Waals surface area contributed by atoms with Crippen molar-refractivity contribution in [1.29, 1.82) is 0 Å². The number of nitrogens with zero attached hydrogens (tertiary/aromatic N) is 4. The molecule has 0 saturated heterocycles. The molecule has 0 radical (unpaired) electrons. The van der Waals surface area contributed by atoms with Crippen molar-refractivity contribution in [3.63, 3.8) is 0 Å². The van der Waals surface area contributed by atoms with Gasteiger partial charge in [-0.05, 0) is 25.2 Å². The third-order valence-electron chi connectivity index (χ3n) is 5.53. The molecule has 0 N–H and O–H groups in total. The second-order valence-corrected chi connectivity index (χ2v) is 9.47. The van der Waals surface area contributed by atoms with Gasteiger partial charge in [0.25, 0.3) is 5.91 Å². The van der Waals surface area contributed by atoms with E-state index < -0.39 is 0 Å². The molecule has 2 aromatic heterocycles. The van der Waals surface area contributed by atoms with Crippen LogP contribution in [0.25, 0.3) is 20.4 Å². The summed E-state index contributed by atoms with van der Waals surface area (Å²) in [6.07, 6.45) is 0. The van der Waals surface area contributed by atoms with Crippen LogP contribution >= 0.6 is 22.7 Å². The van der Waals surface area contributed by atoms with Crippen LogP contribution in [0.4, 0.5) is 5.13 Å². The molecule has 0 saturated carbocycles. The Morgan fingerprint density at radius 1 is 0.938 bits per heavy atom. The van der Waals surface area contributed by atoms with Gasteiger partial charge in [0.05, 0.1) is 20.4 Å². The molecule has 1 amide bonds. The smallest absolute Gasteiger partial charge is 0.289 e. The first kappa shape index (κ1) is 21.1. The summed E-state index contributed by atoms with van der Waals surface area (Å²) in [5.41, 5.74) is 1.65. The molecule has 166 valence electrons. The number of rotatable bonds is 7. The number of ether oxygens (including phenoxy) is 2. The Morgan fingerprint density at radius 2 is 1.69 bits per heavy atom. The Bertz CT molecular complexity index is 1190. The predicted molar refractivity (Wildman–Crippen MR) is 130 cm³/mol. The topological polar surface area (TPSA) is 67.8 Å². The van der Waals surface area contributed by atoms with Crippen LogP contribution in [-0.4, -0.2) is 60.2 Å². The summed E-state index contributed by atoms with van der Waals surface area (Å²) in [6, 6.07) is 11.7. The zero-order valence-corrected chi connectivity index (χ0v) is 19.7. The normalized spacial score (nSPS) is 13.2. The fourth-order valence-corrected chi connectivity index (χ4v) is 5.63. The monoisotopic (exact) mass is 468 g/mol. The molecule has 0 spiro atoms. The zero-order chi connectivity index (χ0) is 22.1. The summed E-state index contributed by atoms with van der Waals surface area (Å²) in [6.45, 7) is 8.50. The lowest BCUT2D eigenvalue weighted by atomic mass is 10.3. The van der Waals surface area contributed by atoms with Crippen molar-refractivity contribution in [2.75, 3.05) is 44.3 Å². The summed E-state index contributed by atoms with van der Waals surface area (Å²) in [5, 5.41) is 1.15. The van der Waals surface area contributed by atoms with Crippen molar-refractivity contribution < 1.29 is 14.3 Å². The van der Waals surface area contributed by atoms with Crippen LogP contribution in [-0.2, 0) is 0 Å². The molecule has 2 aromatic carbocycles. The SMILES string of the molecule is CCN(CC)CCN(C(=O)c1nc2ccccc2s1)c1nc2cc3c(cc2s1)OCCO3. The average Bonchev–Trinajstić information content (AvgIpc) is 3.43. The number of thiazole rings is 2. The molecular weight excluding hydrogens is 444 g/mol. The molecule has 7 nitrogen and oxygen atoms in total. The lowest BCUT2D eigenvalue weighted by molar-refractivity contribution is 0.0983. The number of anilines is 1. The molecule has 4 aromatic rings. The van der Waals surface area contributed by atoms with E-state index in [2.05, 4.69) is 23.7 Å². The summed E-state index contributed by atoms with van der Waals surface area (Å²) in [4.78, 5) is 27.1. The molecule has 5 rings (SSSR count). The van der Waals surface area contributed by atoms with Crippen LogP contribution in [0.1, 0.15) is 23.6 Å². The van der Waals surface area contributed by atoms with Crippen LogP contribution in [0, 0.1) is 0 Å². The van der Waals surface area contributed by atoms with Gasteiger partial charge in [0, 0.05) is 25.2 Å². The molecule has 1 aliphatic rings. The average molecular weight is 469 g/mol. The van der Waals surface area contributed by atoms with E-state index in [1.807, 2.05) is 36.4 Å². The van der Waals surface area contributed by atoms with E-state index in [0.717, 1.165) is 45.8 Å². The molecule has 0 fully saturated rings. The summed E-state index contributed by atoms with van der Waals surface area (Å²) in [7, 11) is 0. The second kappa shape index (κ2) is 9.01. The third-order valence-corrected chi connectivity index (χ3v) is 7.59. The van der Waals surface area contributed by atoms with Crippen molar-refractivity contribution in [3.8, 4) is 11.5 Å². The lowest BCUT2D eigenvalue weighted by Crippen LogP contribution is -2.38. The Labute approximate surface area is 194 Å². The molecule has 3 heterocycles. The fraction of sp³-hybridized carbons (Fsp3) is 0.348. The first-order valence-electron chi connectivity index (χ1n) is 10.8. The highest BCUT2D eigenvalue weighted by Crippen LogP contribution is 2.39. The van der Waals surface area contributed by atoms with Crippen LogP contribution in [0.3, 0.4) is 0 Å². The van der Waals surface area contributed by atoms with Gasteiger partial charge in [-0.3, -0.25) is 9.69 Å². The molecule has 0 unspecified atom stereocenters. The number of hydrogen-bond donors (Lipinski definition) is 0. The Balaban J connectivity index is 1.52. The minimum atomic E-state index is -0.116. The van der Waals surface area contributed by atoms with E-state index in [9.17, 15) is 4.79 Å². The molecule has 0 bridgehead atoms. The highest BCUT2D eigenvalue weighted by molar-refractivity contribution is 7.23. The number of carbonyl (C=O) groups excluding carboxylic acids is 1. The van der Waals surface area contributed by atoms with Crippen LogP contribution in [0.2, 0.25) is 0 Å². The van der Waals surface area contributed by atoms with Gasteiger partial charge in [0.1, 0.15) is 13.2 Å². The first-order valence-corrected chi connectivity index (χ1v) is 12.4. The van der Waals surface area contributed by atoms with Crippen molar-refractivity contribution in [2.45, 2.75) is 13.8 Å². The Kier molecular flexibility index (Phi) is 5.95. The number of aromatic nitrogens is 2. The van der Waals surface area contributed by atoms with Crippen molar-refractivity contribution in [2.24, 2.45) is 0 Å². The number of likely N-dealkylation sites (N-methyl/N-ethyl adjacent to an activating group) is 1. The van der Waals surface area contributed by atoms with Crippen LogP contribution < -0.4 is 14.4 Å². The van der Waals surface area contributed by atoms with E-state index in [1.165, 1.54) is 22.7 Å². The maximum Gasteiger partial charge on any atom is 0.289 e. The number of para-hydroxylation sites is 1. The summed E-state index contributed by atoms with van der Waals surface area (Å²) < 4.78 is 13.4. The molecular formula is C23H24N4O3S2. The predicted octanol–water partition coefficient (Wildman–Crippen LogP) is 4.67. The van der Waals surface area contributed by atoms with Gasteiger partial charge in [-0.15, -0.1) is 11.3 Å². The highest BCUT2D eigenvalue weighted by atomic mass is 32.1. The second-order valence-electron chi connectivity index (χ2n) is 7.43. The first-order chi connectivity index (χ1) is 15.7. The molecule has 0 aliphatic carbocycles. The van der Waals surface area contributed by atoms with Gasteiger partial charge < -0.3 is 14.4 Å². The number of benzene rings is 2. The number of hydrogen-bond acceptors (Lipinski definition) is 8. The standard InChI is InChI=1S/C23H24N4O3S2/c1-3-26(4-2)9-10-27(22(28)21-24-15-7-5-6-8-19(15)31-21)23-25-16-13-17-18(14-20(16)32-23)30-12-11-29-17/h5-8,13-14H,3-4,9-12H2,1-2H3. The lowest BCUT2D eigenvalue weighted by Gasteiger charge is -2.24. The largest absolute Gasteiger partial charge is 0.486 e. The quantitative estimate of drug-likeness (QED) is 0.393. The molecule has 0 atom stereocenters. The number of fused-ring (bicyclic) bond motifs is 3. The Morgan fingerprint density at radius 3 is 2.44 bits per heavy atom. The van der Waals surface area contributed by atoms with Gasteiger partial charge in [-0.1, -0.05) is 37.3 Å². The summed E-state index contributed by atoms with van der Waals surface area (Å²) >= 11 is 2.91. The maximum absolute atomic E-state index is 13.6. The maximum atomic E-state index is 13.6. The van der Waals surface area contributed by atoms with Gasteiger partial charge in [-0.25, -0.2) is 9.97 Å². The third kappa shape index (κ3) is 4.03. The van der Waals surface area contributed by atoms with Gasteiger partial charge >= 0.3 is 0 Å². The van der Waals surface area contributed by atoms with Crippen molar-refractivity contribution in [3.05, 3.63) is 41.4 Å². The molecule has 32 heavy (non-hydrogen) atoms. The minimum Gasteiger partial charge on any atom is -0.486 e. The van der Waals surface area contributed by atoms with Crippen molar-refractivity contribution >= 4 is 54.1 Å². The van der Waals surface area contributed by atoms with Crippen molar-refractivity contribution in [1.82, 2.24) is 14.9 Å². The van der Waals surface area contributed by atoms with Gasteiger partial charge in [0.15, 0.2) is 21.6 Å². The van der Waals surface area contributed by atoms with Gasteiger partial charge in [0.2, 0.25) is 0 Å². The van der Waals surface area contributed by atoms with E-state index in [4.69, 9.17) is 14.5 Å². The molecule has 1 aliphatic heterocycles. The summed E-state index contributed by atoms with van der Waals surface area (Å²) in [5.74, 6) is 1.31.